The van der Waals surface area contributed by atoms with Crippen LogP contribution in [0.25, 0.3) is 0 Å². The lowest BCUT2D eigenvalue weighted by molar-refractivity contribution is 0.349. The second-order valence-electron chi connectivity index (χ2n) is 6.05. The number of unbranched alkanes of at least 4 members (excludes halogenated alkanes) is 10. The van der Waals surface area contributed by atoms with E-state index in [2.05, 4.69) is 37.9 Å². The molecule has 20 heavy (non-hydrogen) atoms. The normalized spacial score (nSPS) is 11.3. The van der Waals surface area contributed by atoms with E-state index in [9.17, 15) is 0 Å². The van der Waals surface area contributed by atoms with Crippen molar-refractivity contribution in [3.8, 4) is 0 Å². The molecule has 0 unspecified atom stereocenters. The summed E-state index contributed by atoms with van der Waals surface area (Å²) in [6, 6.07) is 0. The third kappa shape index (κ3) is 14.0. The van der Waals surface area contributed by atoms with Gasteiger partial charge in [0.15, 0.2) is 0 Å². The molecule has 0 amide bonds. The molecule has 0 saturated carbocycles. The van der Waals surface area contributed by atoms with Crippen molar-refractivity contribution in [2.45, 2.75) is 97.8 Å². The van der Waals surface area contributed by atoms with Crippen LogP contribution >= 0.6 is 0 Å². The van der Waals surface area contributed by atoms with Gasteiger partial charge < -0.3 is 4.90 Å². The summed E-state index contributed by atoms with van der Waals surface area (Å²) < 4.78 is 0. The highest BCUT2D eigenvalue weighted by Gasteiger charge is 1.99. The van der Waals surface area contributed by atoms with E-state index in [0.717, 1.165) is 0 Å². The molecule has 0 radical (unpaired) electrons. The average molecular weight is 282 g/mol. The Kier molecular flexibility index (Phi) is 16.2. The lowest BCUT2D eigenvalue weighted by Crippen LogP contribution is -2.19. The second-order valence-corrected chi connectivity index (χ2v) is 6.05. The molecule has 0 N–H and O–H groups in total. The first-order chi connectivity index (χ1) is 9.85. The van der Waals surface area contributed by atoms with Gasteiger partial charge in [-0.05, 0) is 26.0 Å². The Morgan fingerprint density at radius 3 is 1.40 bits per heavy atom. The Hall–Kier alpha value is -0.460. The molecule has 1 nitrogen and oxygen atoms in total. The minimum absolute atomic E-state index is 1.26. The molecule has 0 aromatic carbocycles. The molecule has 1 heteroatoms. The molecule has 0 spiro atoms. The van der Waals surface area contributed by atoms with Crippen LogP contribution < -0.4 is 0 Å². The van der Waals surface area contributed by atoms with Crippen LogP contribution in [0.5, 0.6) is 0 Å². The van der Waals surface area contributed by atoms with E-state index in [-0.39, 0.29) is 0 Å². The van der Waals surface area contributed by atoms with E-state index in [1.54, 1.807) is 0 Å². The maximum Gasteiger partial charge on any atom is 0.0172 e. The first-order valence-corrected chi connectivity index (χ1v) is 9.22. The van der Waals surface area contributed by atoms with Gasteiger partial charge in [-0.25, -0.2) is 0 Å². The van der Waals surface area contributed by atoms with Crippen LogP contribution in [-0.4, -0.2) is 18.0 Å². The Morgan fingerprint density at radius 1 is 0.600 bits per heavy atom. The highest BCUT2D eigenvalue weighted by Crippen LogP contribution is 2.09. The van der Waals surface area contributed by atoms with Crippen LogP contribution in [0.4, 0.5) is 0 Å². The summed E-state index contributed by atoms with van der Waals surface area (Å²) in [5, 5.41) is 0. The van der Waals surface area contributed by atoms with E-state index < -0.39 is 0 Å². The van der Waals surface area contributed by atoms with E-state index in [1.165, 1.54) is 90.1 Å². The van der Waals surface area contributed by atoms with Gasteiger partial charge in [-0.3, -0.25) is 0 Å². The molecule has 0 atom stereocenters. The van der Waals surface area contributed by atoms with Crippen LogP contribution in [0.1, 0.15) is 97.8 Å². The summed E-state index contributed by atoms with van der Waals surface area (Å²) in [7, 11) is 0. The first kappa shape index (κ1) is 19.5. The van der Waals surface area contributed by atoms with Gasteiger partial charge in [0.2, 0.25) is 0 Å². The SMILES string of the molecule is C/C=C/N(CCCCCCCC)CCCCCCCC. The summed E-state index contributed by atoms with van der Waals surface area (Å²) in [5.41, 5.74) is 0. The fourth-order valence-electron chi connectivity index (χ4n) is 2.66. The lowest BCUT2D eigenvalue weighted by atomic mass is 10.1. The van der Waals surface area contributed by atoms with Crippen molar-refractivity contribution in [1.29, 1.82) is 0 Å². The van der Waals surface area contributed by atoms with Crippen molar-refractivity contribution in [3.63, 3.8) is 0 Å². The molecule has 0 heterocycles. The van der Waals surface area contributed by atoms with Gasteiger partial charge in [0, 0.05) is 13.1 Å². The molecule has 0 aromatic rings. The molecule has 120 valence electrons. The summed E-state index contributed by atoms with van der Waals surface area (Å²) in [4.78, 5) is 2.53. The standard InChI is InChI=1S/C19H39N/c1-4-7-9-11-13-15-18-20(17-6-3)19-16-14-12-10-8-5-2/h6,17H,4-5,7-16,18-19H2,1-3H3/b17-6+. The van der Waals surface area contributed by atoms with Crippen molar-refractivity contribution >= 4 is 0 Å². The smallest absolute Gasteiger partial charge is 0.0172 e. The third-order valence-corrected chi connectivity index (χ3v) is 3.96. The highest BCUT2D eigenvalue weighted by atomic mass is 15.1. The van der Waals surface area contributed by atoms with Gasteiger partial charge in [-0.15, -0.1) is 0 Å². The van der Waals surface area contributed by atoms with Crippen LogP contribution in [-0.2, 0) is 0 Å². The van der Waals surface area contributed by atoms with E-state index in [4.69, 9.17) is 0 Å². The molecular formula is C19H39N. The number of nitrogens with zero attached hydrogens (tertiary/aromatic N) is 1. The quantitative estimate of drug-likeness (QED) is 0.308. The zero-order valence-electron chi connectivity index (χ0n) is 14.5. The van der Waals surface area contributed by atoms with Gasteiger partial charge in [0.1, 0.15) is 0 Å². The minimum Gasteiger partial charge on any atom is -0.378 e. The Morgan fingerprint density at radius 2 is 1.00 bits per heavy atom. The maximum atomic E-state index is 2.53. The Labute approximate surface area is 128 Å². The largest absolute Gasteiger partial charge is 0.378 e. The van der Waals surface area contributed by atoms with Crippen LogP contribution in [0.2, 0.25) is 0 Å². The van der Waals surface area contributed by atoms with Crippen molar-refractivity contribution < 1.29 is 0 Å². The van der Waals surface area contributed by atoms with Crippen LogP contribution in [0, 0.1) is 0 Å². The molecule has 0 aliphatic rings. The molecule has 0 bridgehead atoms. The number of allylic oxidation sites excluding steroid dienone is 1. The van der Waals surface area contributed by atoms with Gasteiger partial charge >= 0.3 is 0 Å². The number of rotatable bonds is 15. The van der Waals surface area contributed by atoms with E-state index >= 15 is 0 Å². The maximum absolute atomic E-state index is 2.53. The fourth-order valence-corrected chi connectivity index (χ4v) is 2.66. The Balaban J connectivity index is 3.50. The van der Waals surface area contributed by atoms with Gasteiger partial charge in [0.05, 0.1) is 0 Å². The van der Waals surface area contributed by atoms with Crippen molar-refractivity contribution in [2.24, 2.45) is 0 Å². The van der Waals surface area contributed by atoms with Crippen LogP contribution in [0.3, 0.4) is 0 Å². The van der Waals surface area contributed by atoms with Gasteiger partial charge in [-0.1, -0.05) is 84.1 Å². The van der Waals surface area contributed by atoms with Crippen molar-refractivity contribution in [3.05, 3.63) is 12.3 Å². The monoisotopic (exact) mass is 281 g/mol. The fraction of sp³-hybridized carbons (Fsp3) is 0.895. The first-order valence-electron chi connectivity index (χ1n) is 9.22. The molecule has 0 aliphatic carbocycles. The van der Waals surface area contributed by atoms with Crippen molar-refractivity contribution in [1.82, 2.24) is 4.90 Å². The predicted octanol–water partition coefficient (Wildman–Crippen LogP) is 6.54. The zero-order valence-corrected chi connectivity index (χ0v) is 14.5. The van der Waals surface area contributed by atoms with Crippen molar-refractivity contribution in [2.75, 3.05) is 13.1 Å². The molecule has 0 aliphatic heterocycles. The molecule has 0 saturated heterocycles. The minimum atomic E-state index is 1.26. The van der Waals surface area contributed by atoms with Gasteiger partial charge in [0.25, 0.3) is 0 Å². The molecule has 0 aromatic heterocycles. The molecule has 0 fully saturated rings. The summed E-state index contributed by atoms with van der Waals surface area (Å²) in [5.74, 6) is 0. The summed E-state index contributed by atoms with van der Waals surface area (Å²) in [6.45, 7) is 9.22. The number of hydrogen-bond donors (Lipinski definition) is 0. The highest BCUT2D eigenvalue weighted by molar-refractivity contribution is 4.78. The topological polar surface area (TPSA) is 3.24 Å². The van der Waals surface area contributed by atoms with Crippen LogP contribution in [0.15, 0.2) is 12.3 Å². The number of hydrogen-bond acceptors (Lipinski definition) is 1. The average Bonchev–Trinajstić information content (AvgIpc) is 2.46. The summed E-state index contributed by atoms with van der Waals surface area (Å²) in [6.07, 6.45) is 21.3. The zero-order chi connectivity index (χ0) is 14.9. The predicted molar refractivity (Wildman–Crippen MR) is 93.1 cm³/mol. The molecular weight excluding hydrogens is 242 g/mol. The molecule has 0 rings (SSSR count). The second kappa shape index (κ2) is 16.6. The lowest BCUT2D eigenvalue weighted by Gasteiger charge is -2.20. The Bertz CT molecular complexity index is 182. The van der Waals surface area contributed by atoms with E-state index in [1.807, 2.05) is 0 Å². The van der Waals surface area contributed by atoms with E-state index in [0.29, 0.717) is 0 Å². The van der Waals surface area contributed by atoms with Gasteiger partial charge in [-0.2, -0.15) is 0 Å². The third-order valence-electron chi connectivity index (χ3n) is 3.96. The summed E-state index contributed by atoms with van der Waals surface area (Å²) >= 11 is 0.